The van der Waals surface area contributed by atoms with Gasteiger partial charge < -0.3 is 10.4 Å². The second-order valence-electron chi connectivity index (χ2n) is 4.46. The second kappa shape index (κ2) is 5.79. The maximum atomic E-state index is 11.8. The summed E-state index contributed by atoms with van der Waals surface area (Å²) >= 11 is 3.14. The summed E-state index contributed by atoms with van der Waals surface area (Å²) in [6.07, 6.45) is 3.59. The lowest BCUT2D eigenvalue weighted by atomic mass is 9.99. The van der Waals surface area contributed by atoms with Gasteiger partial charge in [0, 0.05) is 21.6 Å². The topological polar surface area (TPSA) is 66.4 Å². The van der Waals surface area contributed by atoms with Gasteiger partial charge in [0.1, 0.15) is 5.54 Å². The van der Waals surface area contributed by atoms with Crippen LogP contribution >= 0.6 is 23.1 Å². The quantitative estimate of drug-likeness (QED) is 0.836. The normalized spacial score (nSPS) is 22.8. The van der Waals surface area contributed by atoms with E-state index in [9.17, 15) is 14.7 Å². The number of nitrogens with one attached hydrogen (secondary N) is 1. The zero-order chi connectivity index (χ0) is 13.9. The highest BCUT2D eigenvalue weighted by molar-refractivity contribution is 7.99. The first-order valence-electron chi connectivity index (χ1n) is 5.90. The third-order valence-electron chi connectivity index (χ3n) is 2.95. The fourth-order valence-corrected chi connectivity index (χ4v) is 3.97. The first-order valence-corrected chi connectivity index (χ1v) is 7.87. The Morgan fingerprint density at radius 2 is 2.26 bits per heavy atom. The molecule has 2 heterocycles. The highest BCUT2D eigenvalue weighted by Crippen LogP contribution is 2.28. The molecular weight excluding hydrogens is 282 g/mol. The van der Waals surface area contributed by atoms with Crippen molar-refractivity contribution in [3.05, 3.63) is 28.0 Å². The Kier molecular flexibility index (Phi) is 4.31. The number of thiophene rings is 1. The summed E-state index contributed by atoms with van der Waals surface area (Å²) in [5, 5.41) is 11.9. The largest absolute Gasteiger partial charge is 0.479 e. The molecule has 0 radical (unpaired) electrons. The molecule has 1 aromatic rings. The molecule has 1 fully saturated rings. The number of aryl methyl sites for hydroxylation is 1. The van der Waals surface area contributed by atoms with E-state index in [0.717, 1.165) is 10.6 Å². The van der Waals surface area contributed by atoms with Gasteiger partial charge >= 0.3 is 5.97 Å². The number of carboxylic acid groups (broad SMARTS) is 1. The molecular formula is C13H15NO3S2. The minimum absolute atomic E-state index is 0.351. The van der Waals surface area contributed by atoms with Crippen molar-refractivity contribution in [2.24, 2.45) is 0 Å². The summed E-state index contributed by atoms with van der Waals surface area (Å²) in [5.41, 5.74) is -1.10. The minimum Gasteiger partial charge on any atom is -0.479 e. The smallest absolute Gasteiger partial charge is 0.330 e. The molecule has 0 saturated carbocycles. The Bertz CT molecular complexity index is 516. The highest BCUT2D eigenvalue weighted by Gasteiger charge is 2.42. The second-order valence-corrected chi connectivity index (χ2v) is 6.89. The van der Waals surface area contributed by atoms with Gasteiger partial charge in [0.05, 0.1) is 0 Å². The number of aliphatic carboxylic acids is 1. The standard InChI is InChI=1S/C13H15NO3S2/c1-9-2-3-10(19-9)4-5-11(15)14-13(12(16)17)6-7-18-8-13/h2-5H,6-8H2,1H3,(H,14,15)(H,16,17). The van der Waals surface area contributed by atoms with Gasteiger partial charge in [-0.25, -0.2) is 4.79 Å². The minimum atomic E-state index is -1.10. The fourth-order valence-electron chi connectivity index (χ4n) is 1.86. The number of thioether (sulfide) groups is 1. The van der Waals surface area contributed by atoms with Crippen LogP contribution in [0.4, 0.5) is 0 Å². The van der Waals surface area contributed by atoms with Crippen LogP contribution in [0.15, 0.2) is 18.2 Å². The van der Waals surface area contributed by atoms with Crippen LogP contribution in [-0.2, 0) is 9.59 Å². The molecule has 0 bridgehead atoms. The van der Waals surface area contributed by atoms with E-state index < -0.39 is 11.5 Å². The van der Waals surface area contributed by atoms with Gasteiger partial charge in [-0.2, -0.15) is 11.8 Å². The molecule has 1 saturated heterocycles. The molecule has 0 aromatic carbocycles. The van der Waals surface area contributed by atoms with Gasteiger partial charge in [-0.3, -0.25) is 4.79 Å². The van der Waals surface area contributed by atoms with Crippen LogP contribution in [0.2, 0.25) is 0 Å². The van der Waals surface area contributed by atoms with Crippen molar-refractivity contribution >= 4 is 41.1 Å². The predicted octanol–water partition coefficient (Wildman–Crippen LogP) is 2.15. The van der Waals surface area contributed by atoms with Gasteiger partial charge in [-0.15, -0.1) is 11.3 Å². The third kappa shape index (κ3) is 3.39. The summed E-state index contributed by atoms with van der Waals surface area (Å²) in [6, 6.07) is 3.91. The fraction of sp³-hybridized carbons (Fsp3) is 0.385. The molecule has 0 spiro atoms. The average Bonchev–Trinajstić information content (AvgIpc) is 2.97. The van der Waals surface area contributed by atoms with Crippen molar-refractivity contribution in [1.29, 1.82) is 0 Å². The molecule has 1 aliphatic heterocycles. The lowest BCUT2D eigenvalue weighted by Crippen LogP contribution is -2.54. The summed E-state index contributed by atoms with van der Waals surface area (Å²) in [6.45, 7) is 2.00. The number of rotatable bonds is 4. The van der Waals surface area contributed by atoms with Gasteiger partial charge in [-0.05, 0) is 37.3 Å². The molecule has 19 heavy (non-hydrogen) atoms. The average molecular weight is 297 g/mol. The van der Waals surface area contributed by atoms with Crippen molar-refractivity contribution in [2.75, 3.05) is 11.5 Å². The molecule has 2 N–H and O–H groups in total. The van der Waals surface area contributed by atoms with E-state index in [2.05, 4.69) is 5.32 Å². The number of carboxylic acids is 1. The van der Waals surface area contributed by atoms with Crippen LogP contribution < -0.4 is 5.32 Å². The van der Waals surface area contributed by atoms with Crippen LogP contribution in [0.3, 0.4) is 0 Å². The molecule has 1 unspecified atom stereocenters. The molecule has 1 aliphatic rings. The van der Waals surface area contributed by atoms with Crippen molar-refractivity contribution in [3.8, 4) is 0 Å². The molecule has 6 heteroatoms. The van der Waals surface area contributed by atoms with Crippen LogP contribution in [0.1, 0.15) is 16.2 Å². The molecule has 102 valence electrons. The SMILES string of the molecule is Cc1ccc(C=CC(=O)NC2(C(=O)O)CCSC2)s1. The van der Waals surface area contributed by atoms with E-state index >= 15 is 0 Å². The van der Waals surface area contributed by atoms with Crippen molar-refractivity contribution < 1.29 is 14.7 Å². The third-order valence-corrected chi connectivity index (χ3v) is 5.11. The van der Waals surface area contributed by atoms with Crippen molar-refractivity contribution in [3.63, 3.8) is 0 Å². The van der Waals surface area contributed by atoms with E-state index in [-0.39, 0.29) is 5.91 Å². The highest BCUT2D eigenvalue weighted by atomic mass is 32.2. The Labute approximate surface area is 119 Å². The Balaban J connectivity index is 2.00. The van der Waals surface area contributed by atoms with Crippen molar-refractivity contribution in [2.45, 2.75) is 18.9 Å². The van der Waals surface area contributed by atoms with Gasteiger partial charge in [0.15, 0.2) is 0 Å². The van der Waals surface area contributed by atoms with Crippen LogP contribution in [-0.4, -0.2) is 34.0 Å². The molecule has 1 atom stereocenters. The molecule has 4 nitrogen and oxygen atoms in total. The van der Waals surface area contributed by atoms with E-state index in [1.165, 1.54) is 11.0 Å². The van der Waals surface area contributed by atoms with Gasteiger partial charge in [0.25, 0.3) is 0 Å². The van der Waals surface area contributed by atoms with Crippen molar-refractivity contribution in [1.82, 2.24) is 5.32 Å². The molecule has 0 aliphatic carbocycles. The number of hydrogen-bond donors (Lipinski definition) is 2. The van der Waals surface area contributed by atoms with E-state index in [4.69, 9.17) is 0 Å². The molecule has 2 rings (SSSR count). The number of carbonyl (C=O) groups excluding carboxylic acids is 1. The number of hydrogen-bond acceptors (Lipinski definition) is 4. The lowest BCUT2D eigenvalue weighted by molar-refractivity contribution is -0.145. The molecule has 1 aromatic heterocycles. The van der Waals surface area contributed by atoms with Gasteiger partial charge in [0.2, 0.25) is 5.91 Å². The summed E-state index contributed by atoms with van der Waals surface area (Å²) in [5.74, 6) is -0.109. The first kappa shape index (κ1) is 14.1. The predicted molar refractivity (Wildman–Crippen MR) is 78.5 cm³/mol. The van der Waals surface area contributed by atoms with Crippen LogP contribution in [0.25, 0.3) is 6.08 Å². The molecule has 1 amide bonds. The number of carbonyl (C=O) groups is 2. The first-order chi connectivity index (χ1) is 9.02. The summed E-state index contributed by atoms with van der Waals surface area (Å²) in [7, 11) is 0. The number of amides is 1. The van der Waals surface area contributed by atoms with Crippen LogP contribution in [0.5, 0.6) is 0 Å². The van der Waals surface area contributed by atoms with E-state index in [1.807, 2.05) is 19.1 Å². The van der Waals surface area contributed by atoms with Crippen LogP contribution in [0, 0.1) is 6.92 Å². The Hall–Kier alpha value is -1.27. The summed E-state index contributed by atoms with van der Waals surface area (Å²) < 4.78 is 0. The lowest BCUT2D eigenvalue weighted by Gasteiger charge is -2.23. The maximum Gasteiger partial charge on any atom is 0.330 e. The zero-order valence-electron chi connectivity index (χ0n) is 10.5. The maximum absolute atomic E-state index is 11.8. The summed E-state index contributed by atoms with van der Waals surface area (Å²) in [4.78, 5) is 25.3. The van der Waals surface area contributed by atoms with E-state index in [1.54, 1.807) is 29.2 Å². The van der Waals surface area contributed by atoms with E-state index in [0.29, 0.717) is 12.2 Å². The zero-order valence-corrected chi connectivity index (χ0v) is 12.1. The Morgan fingerprint density at radius 1 is 1.47 bits per heavy atom. The Morgan fingerprint density at radius 3 is 2.79 bits per heavy atom. The monoisotopic (exact) mass is 297 g/mol. The van der Waals surface area contributed by atoms with Gasteiger partial charge in [-0.1, -0.05) is 0 Å².